The number of hydrogen-bond acceptors (Lipinski definition) is 7. The summed E-state index contributed by atoms with van der Waals surface area (Å²) in [6.45, 7) is 0.217. The van der Waals surface area contributed by atoms with Gasteiger partial charge >= 0.3 is 0 Å². The molecule has 0 radical (unpaired) electrons. The largest absolute Gasteiger partial charge is 0.325 e. The number of nitro benzene ring substituents is 1. The molecular weight excluding hydrogens is 294 g/mol. The number of benzene rings is 1. The Hall–Kier alpha value is -2.83. The van der Waals surface area contributed by atoms with E-state index in [9.17, 15) is 14.9 Å². The quantitative estimate of drug-likeness (QED) is 0.651. The Labute approximate surface area is 123 Å². The molecule has 0 aliphatic carbocycles. The second-order valence-electron chi connectivity index (χ2n) is 3.89. The monoisotopic (exact) mass is 303 g/mol. The van der Waals surface area contributed by atoms with Crippen LogP contribution in [0.3, 0.4) is 0 Å². The number of nitriles is 1. The molecule has 1 aromatic heterocycles. The van der Waals surface area contributed by atoms with E-state index >= 15 is 0 Å². The Balaban J connectivity index is 2.28. The maximum absolute atomic E-state index is 12.0. The van der Waals surface area contributed by atoms with E-state index in [1.165, 1.54) is 28.8 Å². The Morgan fingerprint density at radius 1 is 1.57 bits per heavy atom. The molecule has 1 aromatic carbocycles. The topological polar surface area (TPSA) is 135 Å². The number of hydrogen-bond donors (Lipinski definition) is 2. The number of amides is 1. The van der Waals surface area contributed by atoms with E-state index in [2.05, 4.69) is 10.3 Å². The first-order valence-electron chi connectivity index (χ1n) is 5.69. The molecule has 0 saturated heterocycles. The summed E-state index contributed by atoms with van der Waals surface area (Å²) in [4.78, 5) is 26.3. The second-order valence-corrected chi connectivity index (χ2v) is 4.83. The van der Waals surface area contributed by atoms with Gasteiger partial charge in [-0.2, -0.15) is 5.26 Å². The van der Waals surface area contributed by atoms with Crippen LogP contribution in [0.5, 0.6) is 0 Å². The van der Waals surface area contributed by atoms with Gasteiger partial charge in [0.05, 0.1) is 16.6 Å². The third-order valence-corrected chi connectivity index (χ3v) is 3.40. The Morgan fingerprint density at radius 2 is 2.33 bits per heavy atom. The van der Waals surface area contributed by atoms with Gasteiger partial charge in [-0.1, -0.05) is 0 Å². The molecule has 1 amide bonds. The van der Waals surface area contributed by atoms with Crippen molar-refractivity contribution in [2.24, 2.45) is 5.73 Å². The highest BCUT2D eigenvalue weighted by atomic mass is 32.1. The van der Waals surface area contributed by atoms with Crippen molar-refractivity contribution in [1.29, 1.82) is 5.26 Å². The van der Waals surface area contributed by atoms with Crippen molar-refractivity contribution in [3.05, 3.63) is 50.0 Å². The van der Waals surface area contributed by atoms with Crippen molar-refractivity contribution in [2.75, 3.05) is 5.32 Å². The van der Waals surface area contributed by atoms with E-state index in [4.69, 9.17) is 11.0 Å². The van der Waals surface area contributed by atoms with Gasteiger partial charge in [0.25, 0.3) is 11.6 Å². The molecule has 0 unspecified atom stereocenters. The molecule has 21 heavy (non-hydrogen) atoms. The number of nitrogens with two attached hydrogens (primary N) is 1. The summed E-state index contributed by atoms with van der Waals surface area (Å²) >= 11 is 1.23. The molecule has 0 aliphatic heterocycles. The van der Waals surface area contributed by atoms with E-state index in [-0.39, 0.29) is 29.2 Å². The lowest BCUT2D eigenvalue weighted by Crippen LogP contribution is -2.14. The van der Waals surface area contributed by atoms with Gasteiger partial charge < -0.3 is 11.1 Å². The summed E-state index contributed by atoms with van der Waals surface area (Å²) in [5.41, 5.74) is 5.34. The lowest BCUT2D eigenvalue weighted by Gasteiger charge is -2.04. The smallest absolute Gasteiger partial charge is 0.294 e. The van der Waals surface area contributed by atoms with Crippen LogP contribution < -0.4 is 11.1 Å². The first-order chi connectivity index (χ1) is 10.0. The number of nitrogens with one attached hydrogen (secondary N) is 1. The molecule has 2 rings (SSSR count). The molecule has 0 fully saturated rings. The van der Waals surface area contributed by atoms with E-state index in [1.54, 1.807) is 6.07 Å². The minimum absolute atomic E-state index is 0.00583. The summed E-state index contributed by atoms with van der Waals surface area (Å²) < 4.78 is 0. The number of aromatic nitrogens is 1. The van der Waals surface area contributed by atoms with Crippen LogP contribution in [0.15, 0.2) is 23.6 Å². The van der Waals surface area contributed by atoms with Crippen LogP contribution >= 0.6 is 11.3 Å². The highest BCUT2D eigenvalue weighted by Gasteiger charge is 2.18. The molecule has 0 saturated carbocycles. The van der Waals surface area contributed by atoms with E-state index in [0.717, 1.165) is 6.07 Å². The number of nitrogens with zero attached hydrogens (tertiary/aromatic N) is 3. The molecule has 0 atom stereocenters. The van der Waals surface area contributed by atoms with Crippen molar-refractivity contribution in [3.63, 3.8) is 0 Å². The summed E-state index contributed by atoms with van der Waals surface area (Å²) in [6, 6.07) is 5.60. The van der Waals surface area contributed by atoms with Crippen LogP contribution in [0.1, 0.15) is 21.1 Å². The standard InChI is InChI=1S/C12H9N5O3S/c13-4-7-1-2-8(10(3-7)17(19)20)16-12(18)9-6-21-11(5-14)15-9/h1-3,6H,5,14H2,(H,16,18). The van der Waals surface area contributed by atoms with Gasteiger partial charge in [0, 0.05) is 18.0 Å². The SMILES string of the molecule is N#Cc1ccc(NC(=O)c2csc(CN)n2)c([N+](=O)[O-])c1. The zero-order valence-corrected chi connectivity index (χ0v) is 11.4. The lowest BCUT2D eigenvalue weighted by molar-refractivity contribution is -0.383. The maximum atomic E-state index is 12.0. The highest BCUT2D eigenvalue weighted by Crippen LogP contribution is 2.26. The summed E-state index contributed by atoms with van der Waals surface area (Å²) in [5, 5.41) is 24.2. The van der Waals surface area contributed by atoms with Crippen molar-refractivity contribution < 1.29 is 9.72 Å². The number of thiazole rings is 1. The lowest BCUT2D eigenvalue weighted by atomic mass is 10.2. The predicted octanol–water partition coefficient (Wildman–Crippen LogP) is 1.63. The normalized spacial score (nSPS) is 9.90. The van der Waals surface area contributed by atoms with Gasteiger partial charge in [-0.15, -0.1) is 11.3 Å². The van der Waals surface area contributed by atoms with Gasteiger partial charge in [0.1, 0.15) is 16.4 Å². The van der Waals surface area contributed by atoms with Crippen molar-refractivity contribution in [3.8, 4) is 6.07 Å². The summed E-state index contributed by atoms with van der Waals surface area (Å²) in [6.07, 6.45) is 0. The van der Waals surface area contributed by atoms with E-state index in [0.29, 0.717) is 5.01 Å². The molecular formula is C12H9N5O3S. The fraction of sp³-hybridized carbons (Fsp3) is 0.0833. The number of carbonyl (C=O) groups is 1. The fourth-order valence-corrected chi connectivity index (χ4v) is 2.21. The number of carbonyl (C=O) groups excluding carboxylic acids is 1. The molecule has 0 aliphatic rings. The van der Waals surface area contributed by atoms with Gasteiger partial charge in [-0.05, 0) is 12.1 Å². The van der Waals surface area contributed by atoms with Crippen LogP contribution in [0.4, 0.5) is 11.4 Å². The first kappa shape index (κ1) is 14.6. The van der Waals surface area contributed by atoms with Gasteiger partial charge in [0.15, 0.2) is 0 Å². The molecule has 8 nitrogen and oxygen atoms in total. The predicted molar refractivity (Wildman–Crippen MR) is 75.8 cm³/mol. The highest BCUT2D eigenvalue weighted by molar-refractivity contribution is 7.09. The van der Waals surface area contributed by atoms with Crippen LogP contribution in [0.25, 0.3) is 0 Å². The fourth-order valence-electron chi connectivity index (χ4n) is 1.55. The minimum atomic E-state index is -0.664. The van der Waals surface area contributed by atoms with Crippen LogP contribution in [0.2, 0.25) is 0 Å². The van der Waals surface area contributed by atoms with Crippen LogP contribution in [-0.2, 0) is 6.54 Å². The average molecular weight is 303 g/mol. The number of anilines is 1. The summed E-state index contributed by atoms with van der Waals surface area (Å²) in [5.74, 6) is -0.571. The number of nitro groups is 1. The van der Waals surface area contributed by atoms with Gasteiger partial charge in [-0.25, -0.2) is 4.98 Å². The molecule has 3 N–H and O–H groups in total. The van der Waals surface area contributed by atoms with Crippen LogP contribution in [-0.4, -0.2) is 15.8 Å². The third-order valence-electron chi connectivity index (χ3n) is 2.53. The molecule has 2 aromatic rings. The Morgan fingerprint density at radius 3 is 2.90 bits per heavy atom. The summed E-state index contributed by atoms with van der Waals surface area (Å²) in [7, 11) is 0. The second kappa shape index (κ2) is 6.08. The third kappa shape index (κ3) is 3.19. The molecule has 1 heterocycles. The average Bonchev–Trinajstić information content (AvgIpc) is 2.96. The zero-order chi connectivity index (χ0) is 15.4. The van der Waals surface area contributed by atoms with Crippen molar-refractivity contribution in [1.82, 2.24) is 4.98 Å². The Bertz CT molecular complexity index is 750. The first-order valence-corrected chi connectivity index (χ1v) is 6.57. The Kier molecular flexibility index (Phi) is 4.22. The van der Waals surface area contributed by atoms with E-state index in [1.807, 2.05) is 0 Å². The molecule has 0 bridgehead atoms. The van der Waals surface area contributed by atoms with Gasteiger partial charge in [0.2, 0.25) is 0 Å². The minimum Gasteiger partial charge on any atom is -0.325 e. The van der Waals surface area contributed by atoms with E-state index < -0.39 is 10.8 Å². The number of rotatable bonds is 4. The molecule has 106 valence electrons. The van der Waals surface area contributed by atoms with Crippen molar-refractivity contribution >= 4 is 28.6 Å². The molecule has 9 heteroatoms. The van der Waals surface area contributed by atoms with Crippen molar-refractivity contribution in [2.45, 2.75) is 6.54 Å². The zero-order valence-electron chi connectivity index (χ0n) is 10.6. The maximum Gasteiger partial charge on any atom is 0.294 e. The molecule has 0 spiro atoms. The van der Waals surface area contributed by atoms with Gasteiger partial charge in [-0.3, -0.25) is 14.9 Å². The van der Waals surface area contributed by atoms with Crippen LogP contribution in [0, 0.1) is 21.4 Å².